The molecule has 0 aliphatic carbocycles. The number of nitrogens with zero attached hydrogens (tertiary/aromatic N) is 3. The van der Waals surface area contributed by atoms with Crippen molar-refractivity contribution < 1.29 is 4.74 Å². The fourth-order valence-corrected chi connectivity index (χ4v) is 1.73. The Morgan fingerprint density at radius 2 is 1.94 bits per heavy atom. The summed E-state index contributed by atoms with van der Waals surface area (Å²) in [6, 6.07) is 7.58. The second-order valence-electron chi connectivity index (χ2n) is 3.77. The van der Waals surface area contributed by atoms with Crippen molar-refractivity contribution in [2.45, 2.75) is 0 Å². The number of fused-ring (bicyclic) bond motifs is 1. The van der Waals surface area contributed by atoms with Gasteiger partial charge in [0.2, 0.25) is 0 Å². The van der Waals surface area contributed by atoms with Gasteiger partial charge in [-0.15, -0.1) is 0 Å². The quantitative estimate of drug-likeness (QED) is 0.711. The molecule has 0 aliphatic rings. The third-order valence-electron chi connectivity index (χ3n) is 2.67. The molecule has 0 saturated heterocycles. The van der Waals surface area contributed by atoms with Crippen LogP contribution < -0.4 is 10.5 Å². The maximum atomic E-state index is 5.74. The summed E-state index contributed by atoms with van der Waals surface area (Å²) in [6.45, 7) is 0. The molecule has 3 rings (SSSR count). The molecule has 0 atom stereocenters. The van der Waals surface area contributed by atoms with E-state index in [2.05, 4.69) is 19.9 Å². The summed E-state index contributed by atoms with van der Waals surface area (Å²) in [4.78, 5) is 15.5. The predicted molar refractivity (Wildman–Crippen MR) is 68.1 cm³/mol. The highest BCUT2D eigenvalue weighted by Gasteiger charge is 2.09. The summed E-state index contributed by atoms with van der Waals surface area (Å²) in [5, 5.41) is 0. The Kier molecular flexibility index (Phi) is 2.33. The van der Waals surface area contributed by atoms with Crippen LogP contribution in [0.15, 0.2) is 30.6 Å². The number of hydrogen-bond acceptors (Lipinski definition) is 5. The van der Waals surface area contributed by atoms with Crippen LogP contribution in [0.3, 0.4) is 0 Å². The van der Waals surface area contributed by atoms with E-state index in [0.29, 0.717) is 22.8 Å². The van der Waals surface area contributed by atoms with Crippen molar-refractivity contribution in [2.24, 2.45) is 0 Å². The largest absolute Gasteiger partial charge is 0.497 e. The van der Waals surface area contributed by atoms with Gasteiger partial charge in [0.15, 0.2) is 17.0 Å². The minimum Gasteiger partial charge on any atom is -0.497 e. The van der Waals surface area contributed by atoms with E-state index in [1.54, 1.807) is 7.11 Å². The molecule has 2 heterocycles. The van der Waals surface area contributed by atoms with Gasteiger partial charge >= 0.3 is 0 Å². The third-order valence-corrected chi connectivity index (χ3v) is 2.67. The van der Waals surface area contributed by atoms with Gasteiger partial charge in [0, 0.05) is 5.56 Å². The van der Waals surface area contributed by atoms with Gasteiger partial charge in [-0.05, 0) is 24.3 Å². The van der Waals surface area contributed by atoms with Crippen LogP contribution in [0, 0.1) is 0 Å². The molecule has 0 amide bonds. The number of H-pyrrole nitrogens is 1. The van der Waals surface area contributed by atoms with Crippen LogP contribution in [0.4, 0.5) is 5.82 Å². The molecule has 0 aliphatic heterocycles. The van der Waals surface area contributed by atoms with Crippen molar-refractivity contribution in [1.82, 2.24) is 19.9 Å². The molecule has 0 radical (unpaired) electrons. The Labute approximate surface area is 103 Å². The molecule has 0 unspecified atom stereocenters. The summed E-state index contributed by atoms with van der Waals surface area (Å²) in [5.74, 6) is 1.88. The highest BCUT2D eigenvalue weighted by molar-refractivity contribution is 5.84. The molecule has 6 nitrogen and oxygen atoms in total. The van der Waals surface area contributed by atoms with Gasteiger partial charge < -0.3 is 15.5 Å². The Morgan fingerprint density at radius 1 is 1.17 bits per heavy atom. The van der Waals surface area contributed by atoms with E-state index in [1.165, 1.54) is 6.33 Å². The molecule has 1 aromatic carbocycles. The zero-order valence-electron chi connectivity index (χ0n) is 9.71. The minimum absolute atomic E-state index is 0.371. The number of ether oxygens (including phenoxy) is 1. The number of imidazole rings is 1. The zero-order chi connectivity index (χ0) is 12.5. The molecule has 0 saturated carbocycles. The van der Waals surface area contributed by atoms with Crippen molar-refractivity contribution in [3.8, 4) is 17.1 Å². The first kappa shape index (κ1) is 10.5. The lowest BCUT2D eigenvalue weighted by atomic mass is 10.2. The third kappa shape index (κ3) is 1.64. The molecular formula is C12H11N5O. The molecule has 0 fully saturated rings. The fourth-order valence-electron chi connectivity index (χ4n) is 1.73. The van der Waals surface area contributed by atoms with E-state index < -0.39 is 0 Å². The molecule has 3 N–H and O–H groups in total. The first-order valence-corrected chi connectivity index (χ1v) is 5.38. The van der Waals surface area contributed by atoms with E-state index in [1.807, 2.05) is 24.3 Å². The molecular weight excluding hydrogens is 230 g/mol. The highest BCUT2D eigenvalue weighted by atomic mass is 16.5. The number of nitrogen functional groups attached to an aromatic ring is 1. The van der Waals surface area contributed by atoms with Crippen molar-refractivity contribution in [2.75, 3.05) is 12.8 Å². The molecule has 0 spiro atoms. The zero-order valence-corrected chi connectivity index (χ0v) is 9.71. The van der Waals surface area contributed by atoms with Crippen molar-refractivity contribution >= 4 is 17.0 Å². The number of hydrogen-bond donors (Lipinski definition) is 2. The minimum atomic E-state index is 0.371. The number of aromatic nitrogens is 4. The second kappa shape index (κ2) is 3.99. The van der Waals surface area contributed by atoms with Crippen LogP contribution in [0.5, 0.6) is 5.75 Å². The Bertz CT molecular complexity index is 689. The Balaban J connectivity index is 2.10. The van der Waals surface area contributed by atoms with Gasteiger partial charge in [-0.1, -0.05) is 0 Å². The van der Waals surface area contributed by atoms with E-state index in [4.69, 9.17) is 10.5 Å². The van der Waals surface area contributed by atoms with Gasteiger partial charge in [-0.25, -0.2) is 15.0 Å². The normalized spacial score (nSPS) is 10.7. The van der Waals surface area contributed by atoms with Gasteiger partial charge in [0.1, 0.15) is 17.9 Å². The SMILES string of the molecule is COc1ccc(-c2nc3c(N)ncnc3[nH]2)cc1. The fraction of sp³-hybridized carbons (Fsp3) is 0.0833. The van der Waals surface area contributed by atoms with Crippen molar-refractivity contribution in [3.05, 3.63) is 30.6 Å². The summed E-state index contributed by atoms with van der Waals surface area (Å²) in [5.41, 5.74) is 7.90. The molecule has 0 bridgehead atoms. The average molecular weight is 241 g/mol. The van der Waals surface area contributed by atoms with E-state index in [0.717, 1.165) is 11.3 Å². The standard InChI is InChI=1S/C12H11N5O/c1-18-8-4-2-7(3-5-8)11-16-9-10(13)14-6-15-12(9)17-11/h2-6H,1H3,(H3,13,14,15,16,17). The first-order chi connectivity index (χ1) is 8.78. The molecule has 6 heteroatoms. The number of nitrogens with two attached hydrogens (primary N) is 1. The molecule has 18 heavy (non-hydrogen) atoms. The highest BCUT2D eigenvalue weighted by Crippen LogP contribution is 2.23. The summed E-state index contributed by atoms with van der Waals surface area (Å²) in [7, 11) is 1.63. The lowest BCUT2D eigenvalue weighted by Gasteiger charge is -2.00. The van der Waals surface area contributed by atoms with Crippen LogP contribution in [0.2, 0.25) is 0 Å². The lowest BCUT2D eigenvalue weighted by Crippen LogP contribution is -1.91. The maximum absolute atomic E-state index is 5.74. The van der Waals surface area contributed by atoms with Crippen molar-refractivity contribution in [3.63, 3.8) is 0 Å². The second-order valence-corrected chi connectivity index (χ2v) is 3.77. The van der Waals surface area contributed by atoms with Gasteiger partial charge in [-0.3, -0.25) is 0 Å². The molecule has 2 aromatic heterocycles. The van der Waals surface area contributed by atoms with Crippen LogP contribution in [-0.2, 0) is 0 Å². The lowest BCUT2D eigenvalue weighted by molar-refractivity contribution is 0.415. The molecule has 90 valence electrons. The van der Waals surface area contributed by atoms with E-state index in [9.17, 15) is 0 Å². The van der Waals surface area contributed by atoms with Crippen LogP contribution in [0.1, 0.15) is 0 Å². The monoisotopic (exact) mass is 241 g/mol. The Hall–Kier alpha value is -2.63. The van der Waals surface area contributed by atoms with E-state index >= 15 is 0 Å². The first-order valence-electron chi connectivity index (χ1n) is 5.38. The average Bonchev–Trinajstić information content (AvgIpc) is 2.84. The van der Waals surface area contributed by atoms with E-state index in [-0.39, 0.29) is 0 Å². The number of nitrogens with one attached hydrogen (secondary N) is 1. The summed E-state index contributed by atoms with van der Waals surface area (Å²) in [6.07, 6.45) is 1.41. The van der Waals surface area contributed by atoms with Gasteiger partial charge in [-0.2, -0.15) is 0 Å². The topological polar surface area (TPSA) is 89.7 Å². The van der Waals surface area contributed by atoms with Gasteiger partial charge in [0.05, 0.1) is 7.11 Å². The van der Waals surface area contributed by atoms with Crippen LogP contribution in [0.25, 0.3) is 22.6 Å². The number of anilines is 1. The number of rotatable bonds is 2. The van der Waals surface area contributed by atoms with Crippen LogP contribution in [-0.4, -0.2) is 27.0 Å². The predicted octanol–water partition coefficient (Wildman–Crippen LogP) is 1.61. The van der Waals surface area contributed by atoms with Crippen molar-refractivity contribution in [1.29, 1.82) is 0 Å². The summed E-state index contributed by atoms with van der Waals surface area (Å²) >= 11 is 0. The summed E-state index contributed by atoms with van der Waals surface area (Å²) < 4.78 is 5.11. The molecule has 3 aromatic rings. The Morgan fingerprint density at radius 3 is 2.61 bits per heavy atom. The number of methoxy groups -OCH3 is 1. The smallest absolute Gasteiger partial charge is 0.163 e. The number of benzene rings is 1. The van der Waals surface area contributed by atoms with Gasteiger partial charge in [0.25, 0.3) is 0 Å². The van der Waals surface area contributed by atoms with Crippen LogP contribution >= 0.6 is 0 Å². The maximum Gasteiger partial charge on any atom is 0.163 e. The number of aromatic amines is 1.